The third-order valence-corrected chi connectivity index (χ3v) is 11.3. The molecule has 0 bridgehead atoms. The molecule has 0 aromatic heterocycles. The molecule has 1 N–H and O–H groups in total. The molecule has 186 valence electrons. The van der Waals surface area contributed by atoms with E-state index in [0.717, 1.165) is 49.5 Å². The van der Waals surface area contributed by atoms with Gasteiger partial charge in [0.2, 0.25) is 5.91 Å². The lowest BCUT2D eigenvalue weighted by molar-refractivity contribution is -0.177. The number of aliphatic hydroxyl groups excluding tert-OH is 1. The summed E-state index contributed by atoms with van der Waals surface area (Å²) < 4.78 is 0. The van der Waals surface area contributed by atoms with Crippen LogP contribution in [0.15, 0.2) is 11.6 Å². The van der Waals surface area contributed by atoms with Gasteiger partial charge in [-0.1, -0.05) is 32.4 Å². The average Bonchev–Trinajstić information content (AvgIpc) is 3.54. The Morgan fingerprint density at radius 2 is 1.94 bits per heavy atom. The Hall–Kier alpha value is -0.870. The topological polar surface area (TPSA) is 49.8 Å². The van der Waals surface area contributed by atoms with Crippen LogP contribution in [0.5, 0.6) is 0 Å². The predicted octanol–water partition coefficient (Wildman–Crippen LogP) is 6.14. The van der Waals surface area contributed by atoms with Crippen LogP contribution >= 0.6 is 0 Å². The minimum atomic E-state index is -0.118. The van der Waals surface area contributed by atoms with Gasteiger partial charge in [0.25, 0.3) is 0 Å². The Bertz CT molecular complexity index is 775. The van der Waals surface area contributed by atoms with Crippen LogP contribution in [0.4, 0.5) is 0 Å². The van der Waals surface area contributed by atoms with E-state index in [0.29, 0.717) is 29.1 Å². The van der Waals surface area contributed by atoms with E-state index < -0.39 is 0 Å². The number of hydroxylamine groups is 2. The molecule has 4 nitrogen and oxygen atoms in total. The standard InChI is InChI=1S/C29H47NO3/c1-19(5-12-27(32)30(33-4)18-20-6-7-20)24-10-11-25-23-9-8-21-17-22(31)13-15-28(21,2)26(23)14-16-29(24,25)3/h8,19-20,22-26,31H,5-7,9-18H2,1-4H3/t19-,22+,23+,24-,25+,26+,28+,29-/m1/s1. The van der Waals surface area contributed by atoms with Crippen LogP contribution in [-0.4, -0.2) is 35.8 Å². The van der Waals surface area contributed by atoms with Crippen molar-refractivity contribution in [1.82, 2.24) is 5.06 Å². The normalized spacial score (nSPS) is 43.2. The molecular weight excluding hydrogens is 410 g/mol. The number of rotatable bonds is 7. The number of amides is 1. The van der Waals surface area contributed by atoms with Crippen LogP contribution in [0, 0.1) is 46.3 Å². The average molecular weight is 458 g/mol. The lowest BCUT2D eigenvalue weighted by atomic mass is 9.47. The zero-order chi connectivity index (χ0) is 23.4. The zero-order valence-corrected chi connectivity index (χ0v) is 21.5. The lowest BCUT2D eigenvalue weighted by Gasteiger charge is -2.58. The monoisotopic (exact) mass is 457 g/mol. The van der Waals surface area contributed by atoms with Gasteiger partial charge in [-0.15, -0.1) is 0 Å². The highest BCUT2D eigenvalue weighted by atomic mass is 16.7. The number of nitrogens with zero attached hydrogens (tertiary/aromatic N) is 1. The largest absolute Gasteiger partial charge is 0.393 e. The van der Waals surface area contributed by atoms with Gasteiger partial charge in [-0.2, -0.15) is 0 Å². The van der Waals surface area contributed by atoms with Crippen LogP contribution in [0.3, 0.4) is 0 Å². The SMILES string of the molecule is CON(CC1CC1)C(=O)CC[C@@H](C)[C@H]1CC[C@H]2[C@@H]3CC=C4C[C@@H](O)CC[C@]4(C)[C@H]3CC[C@]12C. The molecule has 0 saturated heterocycles. The van der Waals surface area contributed by atoms with Gasteiger partial charge in [-0.05, 0) is 117 Å². The third-order valence-electron chi connectivity index (χ3n) is 11.3. The maximum atomic E-state index is 12.8. The quantitative estimate of drug-likeness (QED) is 0.369. The summed E-state index contributed by atoms with van der Waals surface area (Å²) in [6.45, 7) is 8.32. The van der Waals surface area contributed by atoms with Gasteiger partial charge in [0.1, 0.15) is 0 Å². The van der Waals surface area contributed by atoms with Crippen molar-refractivity contribution in [2.24, 2.45) is 46.3 Å². The van der Waals surface area contributed by atoms with Gasteiger partial charge in [0, 0.05) is 6.42 Å². The van der Waals surface area contributed by atoms with Crippen LogP contribution in [0.1, 0.15) is 97.8 Å². The molecule has 4 heteroatoms. The van der Waals surface area contributed by atoms with Crippen molar-refractivity contribution in [2.45, 2.75) is 104 Å². The van der Waals surface area contributed by atoms with Crippen molar-refractivity contribution in [3.8, 4) is 0 Å². The lowest BCUT2D eigenvalue weighted by Crippen LogP contribution is -2.50. The first-order valence-corrected chi connectivity index (χ1v) is 14.0. The molecule has 1 amide bonds. The van der Waals surface area contributed by atoms with E-state index in [1.807, 2.05) is 0 Å². The molecule has 8 atom stereocenters. The van der Waals surface area contributed by atoms with Gasteiger partial charge in [0.05, 0.1) is 19.8 Å². The molecule has 33 heavy (non-hydrogen) atoms. The molecule has 5 aliphatic carbocycles. The number of allylic oxidation sites excluding steroid dienone is 1. The van der Waals surface area contributed by atoms with Gasteiger partial charge in [-0.25, -0.2) is 5.06 Å². The van der Waals surface area contributed by atoms with Crippen molar-refractivity contribution in [3.63, 3.8) is 0 Å². The number of hydrogen-bond acceptors (Lipinski definition) is 3. The summed E-state index contributed by atoms with van der Waals surface area (Å²) in [4.78, 5) is 18.2. The molecular formula is C29H47NO3. The number of hydrogen-bond donors (Lipinski definition) is 1. The number of carbonyl (C=O) groups excluding carboxylic acids is 1. The third kappa shape index (κ3) is 4.22. The van der Waals surface area contributed by atoms with E-state index in [9.17, 15) is 9.90 Å². The van der Waals surface area contributed by atoms with Gasteiger partial charge in [-0.3, -0.25) is 9.63 Å². The van der Waals surface area contributed by atoms with Gasteiger partial charge < -0.3 is 5.11 Å². The molecule has 4 fully saturated rings. The fourth-order valence-electron chi connectivity index (χ4n) is 9.11. The highest BCUT2D eigenvalue weighted by Gasteiger charge is 2.59. The predicted molar refractivity (Wildman–Crippen MR) is 131 cm³/mol. The van der Waals surface area contributed by atoms with Crippen LogP contribution < -0.4 is 0 Å². The maximum absolute atomic E-state index is 12.8. The summed E-state index contributed by atoms with van der Waals surface area (Å²) in [5, 5.41) is 11.9. The molecule has 0 aromatic rings. The van der Waals surface area contributed by atoms with Gasteiger partial charge >= 0.3 is 0 Å². The minimum Gasteiger partial charge on any atom is -0.393 e. The van der Waals surface area contributed by atoms with E-state index in [-0.39, 0.29) is 12.0 Å². The van der Waals surface area contributed by atoms with Crippen LogP contribution in [-0.2, 0) is 9.63 Å². The van der Waals surface area contributed by atoms with E-state index in [4.69, 9.17) is 4.84 Å². The molecule has 4 saturated carbocycles. The van der Waals surface area contributed by atoms with Crippen molar-refractivity contribution in [3.05, 3.63) is 11.6 Å². The second kappa shape index (κ2) is 8.97. The Morgan fingerprint density at radius 3 is 2.67 bits per heavy atom. The summed E-state index contributed by atoms with van der Waals surface area (Å²) in [6.07, 6.45) is 16.2. The zero-order valence-electron chi connectivity index (χ0n) is 21.5. The molecule has 5 rings (SSSR count). The molecule has 5 aliphatic rings. The highest BCUT2D eigenvalue weighted by Crippen LogP contribution is 2.67. The molecule has 0 spiro atoms. The molecule has 0 radical (unpaired) electrons. The first-order chi connectivity index (χ1) is 15.8. The maximum Gasteiger partial charge on any atom is 0.246 e. The first kappa shape index (κ1) is 23.9. The molecule has 0 unspecified atom stereocenters. The second-order valence-corrected chi connectivity index (χ2v) is 13.0. The van der Waals surface area contributed by atoms with Crippen molar-refractivity contribution in [1.29, 1.82) is 0 Å². The molecule has 0 aromatic carbocycles. The fraction of sp³-hybridized carbons (Fsp3) is 0.897. The number of aliphatic hydroxyl groups is 1. The Morgan fingerprint density at radius 1 is 1.15 bits per heavy atom. The van der Waals surface area contributed by atoms with Crippen LogP contribution in [0.25, 0.3) is 0 Å². The summed E-state index contributed by atoms with van der Waals surface area (Å²) >= 11 is 0. The van der Waals surface area contributed by atoms with Crippen molar-refractivity contribution in [2.75, 3.05) is 13.7 Å². The Balaban J connectivity index is 1.24. The van der Waals surface area contributed by atoms with E-state index in [1.165, 1.54) is 51.4 Å². The summed E-state index contributed by atoms with van der Waals surface area (Å²) in [7, 11) is 1.64. The summed E-state index contributed by atoms with van der Waals surface area (Å²) in [5.41, 5.74) is 2.32. The summed E-state index contributed by atoms with van der Waals surface area (Å²) in [5.74, 6) is 4.61. The molecule has 0 aliphatic heterocycles. The number of carbonyl (C=O) groups is 1. The highest BCUT2D eigenvalue weighted by molar-refractivity contribution is 5.75. The fourth-order valence-corrected chi connectivity index (χ4v) is 9.11. The summed E-state index contributed by atoms with van der Waals surface area (Å²) in [6, 6.07) is 0. The molecule has 0 heterocycles. The number of fused-ring (bicyclic) bond motifs is 5. The van der Waals surface area contributed by atoms with E-state index in [1.54, 1.807) is 17.7 Å². The smallest absolute Gasteiger partial charge is 0.246 e. The second-order valence-electron chi connectivity index (χ2n) is 13.0. The van der Waals surface area contributed by atoms with E-state index in [2.05, 4.69) is 26.8 Å². The first-order valence-electron chi connectivity index (χ1n) is 14.0. The van der Waals surface area contributed by atoms with E-state index >= 15 is 0 Å². The van der Waals surface area contributed by atoms with Crippen LogP contribution in [0.2, 0.25) is 0 Å². The van der Waals surface area contributed by atoms with Crippen molar-refractivity contribution >= 4 is 5.91 Å². The van der Waals surface area contributed by atoms with Crippen molar-refractivity contribution < 1.29 is 14.7 Å². The Kier molecular flexibility index (Phi) is 6.48. The Labute approximate surface area is 201 Å². The minimum absolute atomic E-state index is 0.118. The van der Waals surface area contributed by atoms with Gasteiger partial charge in [0.15, 0.2) is 0 Å².